The van der Waals surface area contributed by atoms with Crippen LogP contribution in [0.1, 0.15) is 40.5 Å². The normalized spacial score (nSPS) is 18.2. The van der Waals surface area contributed by atoms with Crippen molar-refractivity contribution in [3.8, 4) is 11.5 Å². The topological polar surface area (TPSA) is 167 Å². The fourth-order valence-corrected chi connectivity index (χ4v) is 7.44. The van der Waals surface area contributed by atoms with Gasteiger partial charge < -0.3 is 23.8 Å². The van der Waals surface area contributed by atoms with Crippen LogP contribution in [0.4, 0.5) is 0 Å². The van der Waals surface area contributed by atoms with Crippen LogP contribution in [0.5, 0.6) is 11.5 Å². The van der Waals surface area contributed by atoms with Gasteiger partial charge in [-0.05, 0) is 53.4 Å². The predicted octanol–water partition coefficient (Wildman–Crippen LogP) is 5.00. The molecule has 1 unspecified atom stereocenters. The lowest BCUT2D eigenvalue weighted by atomic mass is 9.80. The Bertz CT molecular complexity index is 2130. The number of carbonyl (C=O) groups is 1. The molecule has 276 valence electrons. The molecule has 13 nitrogen and oxygen atoms in total. The van der Waals surface area contributed by atoms with Crippen LogP contribution < -0.4 is 25.8 Å². The third kappa shape index (κ3) is 8.51. The Hall–Kier alpha value is -5.30. The first kappa shape index (κ1) is 37.5. The molecule has 1 aromatic heterocycles. The van der Waals surface area contributed by atoms with Gasteiger partial charge in [-0.3, -0.25) is 28.8 Å². The fourth-order valence-electron chi connectivity index (χ4n) is 6.40. The molecule has 4 atom stereocenters. The van der Waals surface area contributed by atoms with Gasteiger partial charge in [-0.25, -0.2) is 9.36 Å². The Balaban J connectivity index is 1.37. The smallest absolute Gasteiger partial charge is 0.432 e. The van der Waals surface area contributed by atoms with Crippen molar-refractivity contribution in [1.29, 1.82) is 0 Å². The lowest BCUT2D eigenvalue weighted by Gasteiger charge is -2.37. The van der Waals surface area contributed by atoms with Crippen LogP contribution in [0.25, 0.3) is 0 Å². The van der Waals surface area contributed by atoms with Crippen molar-refractivity contribution in [3.63, 3.8) is 0 Å². The van der Waals surface area contributed by atoms with Gasteiger partial charge in [-0.1, -0.05) is 84.9 Å². The van der Waals surface area contributed by atoms with E-state index in [4.69, 9.17) is 23.5 Å². The second-order valence-electron chi connectivity index (χ2n) is 12.5. The average Bonchev–Trinajstić information content (AvgIpc) is 3.55. The summed E-state index contributed by atoms with van der Waals surface area (Å²) in [6, 6.07) is 33.1. The highest BCUT2D eigenvalue weighted by Crippen LogP contribution is 2.46. The molecule has 4 aromatic carbocycles. The highest BCUT2D eigenvalue weighted by Gasteiger charge is 2.45. The number of aromatic nitrogens is 2. The van der Waals surface area contributed by atoms with Crippen LogP contribution in [-0.2, 0) is 35.4 Å². The zero-order chi connectivity index (χ0) is 37.6. The Labute approximate surface area is 305 Å². The Morgan fingerprint density at radius 1 is 0.887 bits per heavy atom. The zero-order valence-electron chi connectivity index (χ0n) is 29.3. The minimum atomic E-state index is -4.78. The molecule has 0 bridgehead atoms. The molecule has 0 spiro atoms. The minimum absolute atomic E-state index is 0.0953. The van der Waals surface area contributed by atoms with Crippen molar-refractivity contribution in [2.24, 2.45) is 0 Å². The van der Waals surface area contributed by atoms with Crippen molar-refractivity contribution in [2.75, 3.05) is 20.8 Å². The summed E-state index contributed by atoms with van der Waals surface area (Å²) in [4.78, 5) is 51.2. The highest BCUT2D eigenvalue weighted by atomic mass is 31.2. The highest BCUT2D eigenvalue weighted by molar-refractivity contribution is 7.51. The molecule has 1 amide bonds. The Morgan fingerprint density at radius 3 is 2.00 bits per heavy atom. The molecular formula is C39H40N3O10P. The second kappa shape index (κ2) is 16.2. The molecule has 2 heterocycles. The van der Waals surface area contributed by atoms with Gasteiger partial charge >= 0.3 is 13.4 Å². The van der Waals surface area contributed by atoms with E-state index >= 15 is 0 Å². The maximum Gasteiger partial charge on any atom is 0.432 e. The number of methoxy groups -OCH3 is 2. The largest absolute Gasteiger partial charge is 0.497 e. The third-order valence-corrected chi connectivity index (χ3v) is 10.1. The van der Waals surface area contributed by atoms with Gasteiger partial charge in [0.2, 0.25) is 5.91 Å². The number of carbonyl (C=O) groups excluding carboxylic acids is 1. The van der Waals surface area contributed by atoms with Gasteiger partial charge in [0.1, 0.15) is 35.5 Å². The second-order valence-corrected chi connectivity index (χ2v) is 14.0. The molecule has 1 saturated heterocycles. The minimum Gasteiger partial charge on any atom is -0.497 e. The summed E-state index contributed by atoms with van der Waals surface area (Å²) < 4.78 is 44.7. The van der Waals surface area contributed by atoms with Crippen LogP contribution in [0.2, 0.25) is 0 Å². The van der Waals surface area contributed by atoms with Crippen molar-refractivity contribution >= 4 is 13.7 Å². The molecule has 0 saturated carbocycles. The lowest BCUT2D eigenvalue weighted by Crippen LogP contribution is -2.39. The van der Waals surface area contributed by atoms with E-state index in [9.17, 15) is 23.8 Å². The van der Waals surface area contributed by atoms with Gasteiger partial charge in [-0.2, -0.15) is 0 Å². The molecule has 14 heteroatoms. The molecule has 0 aliphatic carbocycles. The Kier molecular flexibility index (Phi) is 11.4. The van der Waals surface area contributed by atoms with E-state index in [1.54, 1.807) is 51.5 Å². The molecule has 53 heavy (non-hydrogen) atoms. The lowest BCUT2D eigenvalue weighted by molar-refractivity contribution is -0.119. The van der Waals surface area contributed by atoms with Crippen LogP contribution >= 0.6 is 7.75 Å². The van der Waals surface area contributed by atoms with E-state index in [0.29, 0.717) is 17.1 Å². The van der Waals surface area contributed by atoms with Gasteiger partial charge in [0, 0.05) is 18.2 Å². The van der Waals surface area contributed by atoms with E-state index in [2.05, 4.69) is 10.1 Å². The monoisotopic (exact) mass is 741 g/mol. The predicted molar refractivity (Wildman–Crippen MR) is 196 cm³/mol. The summed E-state index contributed by atoms with van der Waals surface area (Å²) in [5.74, 6) is 0.547. The SMILES string of the molecule is COc1ccc(C(OC[C@H]2O[C@@H](n3cc(C)c(=O)[nH]c3=O)C[C@@H]2OP(=O)(O)NC(=O)Cc2ccccc2)(c2ccccc2)c2ccc(OC)cc2)cc1. The maximum atomic E-state index is 13.5. The summed E-state index contributed by atoms with van der Waals surface area (Å²) >= 11 is 0. The van der Waals surface area contributed by atoms with Crippen LogP contribution in [0, 0.1) is 6.92 Å². The van der Waals surface area contributed by atoms with Gasteiger partial charge in [0.25, 0.3) is 5.56 Å². The summed E-state index contributed by atoms with van der Waals surface area (Å²) in [6.07, 6.45) is -2.13. The summed E-state index contributed by atoms with van der Waals surface area (Å²) in [5.41, 5.74) is 0.565. The Morgan fingerprint density at radius 2 is 1.43 bits per heavy atom. The molecule has 1 aliphatic heterocycles. The van der Waals surface area contributed by atoms with E-state index < -0.39 is 48.9 Å². The number of hydrogen-bond donors (Lipinski definition) is 3. The van der Waals surface area contributed by atoms with Gasteiger partial charge in [-0.15, -0.1) is 0 Å². The first-order chi connectivity index (χ1) is 25.5. The molecule has 1 fully saturated rings. The summed E-state index contributed by atoms with van der Waals surface area (Å²) in [6.45, 7) is 1.32. The number of H-pyrrole nitrogens is 1. The van der Waals surface area contributed by atoms with Crippen LogP contribution in [-0.4, -0.2) is 53.4 Å². The van der Waals surface area contributed by atoms with Crippen molar-refractivity contribution in [3.05, 3.63) is 164 Å². The van der Waals surface area contributed by atoms with E-state index in [1.165, 1.54) is 10.8 Å². The van der Waals surface area contributed by atoms with Crippen LogP contribution in [0.15, 0.2) is 125 Å². The molecule has 0 radical (unpaired) electrons. The number of ether oxygens (including phenoxy) is 4. The number of amides is 1. The zero-order valence-corrected chi connectivity index (χ0v) is 30.2. The van der Waals surface area contributed by atoms with Crippen LogP contribution in [0.3, 0.4) is 0 Å². The molecule has 1 aliphatic rings. The molecule has 3 N–H and O–H groups in total. The summed E-state index contributed by atoms with van der Waals surface area (Å²) in [5, 5.41) is 2.12. The number of nitrogens with zero attached hydrogens (tertiary/aromatic N) is 1. The summed E-state index contributed by atoms with van der Waals surface area (Å²) in [7, 11) is -1.63. The quantitative estimate of drug-likeness (QED) is 0.104. The molecular weight excluding hydrogens is 701 g/mol. The van der Waals surface area contributed by atoms with E-state index in [0.717, 1.165) is 16.7 Å². The maximum absolute atomic E-state index is 13.5. The molecule has 5 aromatic rings. The fraction of sp³-hybridized carbons (Fsp3) is 0.256. The van der Waals surface area contributed by atoms with Crippen molar-refractivity contribution in [1.82, 2.24) is 14.6 Å². The number of aryl methyl sites for hydroxylation is 1. The number of rotatable bonds is 14. The van der Waals surface area contributed by atoms with Crippen molar-refractivity contribution < 1.29 is 37.7 Å². The first-order valence-electron chi connectivity index (χ1n) is 16.8. The number of hydrogen-bond acceptors (Lipinski definition) is 9. The number of nitrogens with one attached hydrogen (secondary N) is 2. The third-order valence-electron chi connectivity index (χ3n) is 9.03. The van der Waals surface area contributed by atoms with E-state index in [1.807, 2.05) is 78.9 Å². The van der Waals surface area contributed by atoms with Gasteiger partial charge in [0.05, 0.1) is 27.2 Å². The van der Waals surface area contributed by atoms with Gasteiger partial charge in [0.15, 0.2) is 0 Å². The van der Waals surface area contributed by atoms with Crippen molar-refractivity contribution in [2.45, 2.75) is 43.8 Å². The standard InChI is InChI=1S/C39H40N3O10P/c1-26-24-42(38(45)40-37(26)44)36-23-33(52-53(46,47)41-35(43)22-27-10-6-4-7-11-27)34(51-36)25-50-39(28-12-8-5-9-13-28,29-14-18-31(48-2)19-15-29)30-16-20-32(49-3)21-17-30/h4-21,24,33-34,36H,22-23,25H2,1-3H3,(H,40,44,45)(H2,41,43,46,47)/t33-,34+,36+/m0/s1. The van der Waals surface area contributed by atoms with E-state index in [-0.39, 0.29) is 25.0 Å². The molecule has 6 rings (SSSR count). The average molecular weight is 742 g/mol. The number of aromatic amines is 1. The first-order valence-corrected chi connectivity index (χ1v) is 18.4. The number of benzene rings is 4.